The number of halogens is 2. The van der Waals surface area contributed by atoms with E-state index in [9.17, 15) is 13.9 Å². The number of aliphatic hydroxyl groups excluding tert-OH is 1. The SMILES string of the molecule is CN1c2cc(-c3cc(F)nc(F)c3)ccc2N(CC(C)(C)C)C1O. The molecule has 1 aliphatic heterocycles. The number of hydrogen-bond donors (Lipinski definition) is 1. The second-order valence-electron chi connectivity index (χ2n) is 7.35. The predicted molar refractivity (Wildman–Crippen MR) is 90.8 cm³/mol. The van der Waals surface area contributed by atoms with E-state index >= 15 is 0 Å². The van der Waals surface area contributed by atoms with E-state index in [0.717, 1.165) is 11.4 Å². The lowest BCUT2D eigenvalue weighted by Crippen LogP contribution is -2.44. The number of pyridine rings is 1. The molecule has 24 heavy (non-hydrogen) atoms. The van der Waals surface area contributed by atoms with E-state index in [4.69, 9.17) is 0 Å². The number of aliphatic hydroxyl groups is 1. The van der Waals surface area contributed by atoms with E-state index in [1.165, 1.54) is 12.1 Å². The molecule has 1 aliphatic rings. The zero-order valence-corrected chi connectivity index (χ0v) is 14.2. The largest absolute Gasteiger partial charge is 0.356 e. The van der Waals surface area contributed by atoms with E-state index < -0.39 is 18.2 Å². The monoisotopic (exact) mass is 333 g/mol. The van der Waals surface area contributed by atoms with Gasteiger partial charge in [0.2, 0.25) is 18.2 Å². The van der Waals surface area contributed by atoms with Crippen molar-refractivity contribution in [3.05, 3.63) is 42.2 Å². The van der Waals surface area contributed by atoms with Crippen LogP contribution < -0.4 is 9.80 Å². The number of rotatable bonds is 2. The third kappa shape index (κ3) is 3.06. The van der Waals surface area contributed by atoms with Crippen LogP contribution in [0.15, 0.2) is 30.3 Å². The second-order valence-corrected chi connectivity index (χ2v) is 7.35. The average molecular weight is 333 g/mol. The molecular formula is C18H21F2N3O. The van der Waals surface area contributed by atoms with Gasteiger partial charge in [-0.05, 0) is 28.7 Å². The number of anilines is 2. The minimum atomic E-state index is -0.853. The smallest absolute Gasteiger partial charge is 0.216 e. The summed E-state index contributed by atoms with van der Waals surface area (Å²) in [6.45, 7) is 7.00. The molecule has 4 nitrogen and oxygen atoms in total. The van der Waals surface area contributed by atoms with Crippen molar-refractivity contribution < 1.29 is 13.9 Å². The third-order valence-electron chi connectivity index (χ3n) is 4.03. The summed E-state index contributed by atoms with van der Waals surface area (Å²) < 4.78 is 26.7. The molecule has 2 heterocycles. The van der Waals surface area contributed by atoms with Crippen LogP contribution in [0.5, 0.6) is 0 Å². The molecule has 0 radical (unpaired) electrons. The van der Waals surface area contributed by atoms with Crippen LogP contribution in [0.1, 0.15) is 20.8 Å². The van der Waals surface area contributed by atoms with Crippen LogP contribution in [-0.2, 0) is 0 Å². The van der Waals surface area contributed by atoms with E-state index in [0.29, 0.717) is 17.7 Å². The van der Waals surface area contributed by atoms with Crippen LogP contribution in [0.3, 0.4) is 0 Å². The fourth-order valence-corrected chi connectivity index (χ4v) is 3.00. The molecule has 1 aromatic carbocycles. The maximum atomic E-state index is 13.4. The number of nitrogens with zero attached hydrogens (tertiary/aromatic N) is 3. The molecule has 0 fully saturated rings. The summed E-state index contributed by atoms with van der Waals surface area (Å²) >= 11 is 0. The molecule has 2 aromatic rings. The topological polar surface area (TPSA) is 39.6 Å². The van der Waals surface area contributed by atoms with E-state index in [-0.39, 0.29) is 5.41 Å². The minimum absolute atomic E-state index is 0.0134. The lowest BCUT2D eigenvalue weighted by Gasteiger charge is -2.31. The standard InChI is InChI=1S/C18H21F2N3O/c1-18(2,3)10-23-13-6-5-11(7-14(13)22(4)17(23)24)12-8-15(19)21-16(20)9-12/h5-9,17,24H,10H2,1-4H3. The summed E-state index contributed by atoms with van der Waals surface area (Å²) in [7, 11) is 1.80. The first-order valence-corrected chi connectivity index (χ1v) is 7.81. The van der Waals surface area contributed by atoms with Gasteiger partial charge in [-0.15, -0.1) is 0 Å². The van der Waals surface area contributed by atoms with Crippen molar-refractivity contribution in [3.63, 3.8) is 0 Å². The minimum Gasteiger partial charge on any atom is -0.356 e. The Labute approximate surface area is 140 Å². The Morgan fingerprint density at radius 1 is 1.04 bits per heavy atom. The van der Waals surface area contributed by atoms with Gasteiger partial charge in [0.25, 0.3) is 0 Å². The van der Waals surface area contributed by atoms with Crippen LogP contribution in [0.2, 0.25) is 0 Å². The summed E-state index contributed by atoms with van der Waals surface area (Å²) in [5, 5.41) is 10.5. The van der Waals surface area contributed by atoms with Gasteiger partial charge in [-0.3, -0.25) is 0 Å². The zero-order chi connectivity index (χ0) is 17.6. The van der Waals surface area contributed by atoms with Crippen molar-refractivity contribution in [1.29, 1.82) is 0 Å². The molecule has 0 saturated carbocycles. The van der Waals surface area contributed by atoms with E-state index in [1.54, 1.807) is 18.0 Å². The fourth-order valence-electron chi connectivity index (χ4n) is 3.00. The van der Waals surface area contributed by atoms with Gasteiger partial charge in [-0.2, -0.15) is 13.8 Å². The van der Waals surface area contributed by atoms with Crippen LogP contribution in [-0.4, -0.2) is 30.0 Å². The molecule has 3 rings (SSSR count). The Bertz CT molecular complexity index is 753. The maximum Gasteiger partial charge on any atom is 0.216 e. The molecule has 0 saturated heterocycles. The highest BCUT2D eigenvalue weighted by Crippen LogP contribution is 2.41. The molecule has 1 unspecified atom stereocenters. The third-order valence-corrected chi connectivity index (χ3v) is 4.03. The van der Waals surface area contributed by atoms with E-state index in [2.05, 4.69) is 25.8 Å². The highest BCUT2D eigenvalue weighted by Gasteiger charge is 2.34. The van der Waals surface area contributed by atoms with Gasteiger partial charge in [-0.1, -0.05) is 26.8 Å². The first-order chi connectivity index (χ1) is 11.2. The van der Waals surface area contributed by atoms with Crippen molar-refractivity contribution in [2.75, 3.05) is 23.4 Å². The van der Waals surface area contributed by atoms with Gasteiger partial charge in [0.05, 0.1) is 11.4 Å². The molecular weight excluding hydrogens is 312 g/mol. The Kier molecular flexibility index (Phi) is 3.95. The van der Waals surface area contributed by atoms with Crippen molar-refractivity contribution in [2.24, 2.45) is 5.41 Å². The molecule has 1 aromatic heterocycles. The van der Waals surface area contributed by atoms with Gasteiger partial charge < -0.3 is 14.9 Å². The number of hydrogen-bond acceptors (Lipinski definition) is 4. The van der Waals surface area contributed by atoms with Crippen LogP contribution in [0, 0.1) is 17.3 Å². The lowest BCUT2D eigenvalue weighted by molar-refractivity contribution is 0.166. The summed E-state index contributed by atoms with van der Waals surface area (Å²) in [4.78, 5) is 6.79. The molecule has 0 spiro atoms. The Morgan fingerprint density at radius 2 is 1.67 bits per heavy atom. The summed E-state index contributed by atoms with van der Waals surface area (Å²) in [5.41, 5.74) is 2.82. The number of fused-ring (bicyclic) bond motifs is 1. The second kappa shape index (κ2) is 5.70. The molecule has 128 valence electrons. The van der Waals surface area contributed by atoms with Crippen LogP contribution >= 0.6 is 0 Å². The van der Waals surface area contributed by atoms with E-state index in [1.807, 2.05) is 17.0 Å². The normalized spacial score (nSPS) is 17.4. The Hall–Kier alpha value is -2.21. The molecule has 1 N–H and O–H groups in total. The lowest BCUT2D eigenvalue weighted by atomic mass is 9.96. The van der Waals surface area contributed by atoms with Crippen LogP contribution in [0.25, 0.3) is 11.1 Å². The molecule has 0 bridgehead atoms. The predicted octanol–water partition coefficient (Wildman–Crippen LogP) is 3.61. The summed E-state index contributed by atoms with van der Waals surface area (Å²) in [6.07, 6.45) is -0.764. The zero-order valence-electron chi connectivity index (χ0n) is 14.2. The van der Waals surface area contributed by atoms with Crippen molar-refractivity contribution in [2.45, 2.75) is 27.1 Å². The van der Waals surface area contributed by atoms with Crippen LogP contribution in [0.4, 0.5) is 20.2 Å². The average Bonchev–Trinajstić information content (AvgIpc) is 2.69. The fraction of sp³-hybridized carbons (Fsp3) is 0.389. The first-order valence-electron chi connectivity index (χ1n) is 7.81. The quantitative estimate of drug-likeness (QED) is 0.853. The molecule has 0 aliphatic carbocycles. The van der Waals surface area contributed by atoms with Gasteiger partial charge in [0.1, 0.15) is 0 Å². The summed E-state index contributed by atoms with van der Waals surface area (Å²) in [6, 6.07) is 7.90. The number of benzene rings is 1. The highest BCUT2D eigenvalue weighted by molar-refractivity contribution is 5.82. The first kappa shape index (κ1) is 16.6. The highest BCUT2D eigenvalue weighted by atomic mass is 19.1. The Morgan fingerprint density at radius 3 is 2.25 bits per heavy atom. The Balaban J connectivity index is 2.02. The number of aromatic nitrogens is 1. The van der Waals surface area contributed by atoms with Gasteiger partial charge >= 0.3 is 0 Å². The van der Waals surface area contributed by atoms with Gasteiger partial charge in [0.15, 0.2) is 0 Å². The van der Waals surface area contributed by atoms with Crippen molar-refractivity contribution in [3.8, 4) is 11.1 Å². The van der Waals surface area contributed by atoms with Gasteiger partial charge in [-0.25, -0.2) is 0 Å². The van der Waals surface area contributed by atoms with Crippen molar-refractivity contribution >= 4 is 11.4 Å². The maximum absolute atomic E-state index is 13.4. The van der Waals surface area contributed by atoms with Gasteiger partial charge in [0, 0.05) is 25.7 Å². The molecule has 1 atom stereocenters. The molecule has 0 amide bonds. The van der Waals surface area contributed by atoms with Crippen molar-refractivity contribution in [1.82, 2.24) is 4.98 Å². The molecule has 6 heteroatoms. The summed E-state index contributed by atoms with van der Waals surface area (Å²) in [5.74, 6) is -1.71.